The van der Waals surface area contributed by atoms with Crippen LogP contribution < -0.4 is 5.32 Å². The molecule has 2 aliphatic heterocycles. The lowest BCUT2D eigenvalue weighted by atomic mass is 9.74. The van der Waals surface area contributed by atoms with Crippen molar-refractivity contribution < 1.29 is 18.0 Å². The summed E-state index contributed by atoms with van der Waals surface area (Å²) in [5.74, 6) is 0.209. The second-order valence-electron chi connectivity index (χ2n) is 6.49. The number of alkyl halides is 3. The van der Waals surface area contributed by atoms with Crippen LogP contribution in [0.2, 0.25) is 0 Å². The first-order chi connectivity index (χ1) is 9.73. The van der Waals surface area contributed by atoms with Gasteiger partial charge in [-0.1, -0.05) is 19.9 Å². The Morgan fingerprint density at radius 3 is 2.57 bits per heavy atom. The van der Waals surface area contributed by atoms with Crippen molar-refractivity contribution in [2.24, 2.45) is 11.3 Å². The van der Waals surface area contributed by atoms with Crippen LogP contribution in [0.1, 0.15) is 33.1 Å². The zero-order valence-electron chi connectivity index (χ0n) is 12.6. The van der Waals surface area contributed by atoms with Crippen molar-refractivity contribution in [2.75, 3.05) is 26.2 Å². The minimum atomic E-state index is -4.27. The van der Waals surface area contributed by atoms with Gasteiger partial charge in [0.2, 0.25) is 5.91 Å². The number of piperidine rings is 1. The molecule has 21 heavy (non-hydrogen) atoms. The van der Waals surface area contributed by atoms with Gasteiger partial charge in [0.1, 0.15) is 0 Å². The lowest BCUT2D eigenvalue weighted by Crippen LogP contribution is -2.50. The third kappa shape index (κ3) is 3.59. The predicted octanol–water partition coefficient (Wildman–Crippen LogP) is 2.73. The van der Waals surface area contributed by atoms with Crippen LogP contribution in [0.15, 0.2) is 11.6 Å². The first-order valence-electron chi connectivity index (χ1n) is 7.49. The van der Waals surface area contributed by atoms with E-state index in [2.05, 4.69) is 5.32 Å². The summed E-state index contributed by atoms with van der Waals surface area (Å²) in [7, 11) is 0. The average Bonchev–Trinajstić information content (AvgIpc) is 2.46. The van der Waals surface area contributed by atoms with E-state index in [9.17, 15) is 18.0 Å². The van der Waals surface area contributed by atoms with E-state index in [0.29, 0.717) is 0 Å². The molecule has 0 aromatic heterocycles. The Morgan fingerprint density at radius 2 is 2.10 bits per heavy atom. The predicted molar refractivity (Wildman–Crippen MR) is 74.7 cm³/mol. The lowest BCUT2D eigenvalue weighted by molar-refractivity contribution is -0.144. The van der Waals surface area contributed by atoms with Gasteiger partial charge in [0.15, 0.2) is 0 Å². The first-order valence-corrected chi connectivity index (χ1v) is 7.49. The summed E-state index contributed by atoms with van der Waals surface area (Å²) in [6.07, 6.45) is -1.19. The average molecular weight is 304 g/mol. The first kappa shape index (κ1) is 16.3. The van der Waals surface area contributed by atoms with Crippen molar-refractivity contribution in [1.29, 1.82) is 0 Å². The van der Waals surface area contributed by atoms with Crippen LogP contribution in [0.4, 0.5) is 13.2 Å². The van der Waals surface area contributed by atoms with Gasteiger partial charge in [-0.2, -0.15) is 13.2 Å². The van der Waals surface area contributed by atoms with E-state index in [4.69, 9.17) is 0 Å². The smallest absolute Gasteiger partial charge is 0.338 e. The molecular weight excluding hydrogens is 281 g/mol. The van der Waals surface area contributed by atoms with E-state index in [1.165, 1.54) is 0 Å². The maximum Gasteiger partial charge on any atom is 0.412 e. The SMILES string of the molecule is CC(C)(C(=O)N1CC=C(C(F)(F)F)CC1)C1CCCNC1. The Balaban J connectivity index is 2.02. The summed E-state index contributed by atoms with van der Waals surface area (Å²) < 4.78 is 37.8. The number of carbonyl (C=O) groups is 1. The van der Waals surface area contributed by atoms with Crippen molar-refractivity contribution in [3.8, 4) is 0 Å². The van der Waals surface area contributed by atoms with Gasteiger partial charge in [-0.15, -0.1) is 0 Å². The van der Waals surface area contributed by atoms with E-state index < -0.39 is 17.2 Å². The van der Waals surface area contributed by atoms with Gasteiger partial charge in [-0.25, -0.2) is 0 Å². The van der Waals surface area contributed by atoms with Gasteiger partial charge in [-0.05, 0) is 38.3 Å². The molecule has 3 nitrogen and oxygen atoms in total. The molecule has 1 amide bonds. The van der Waals surface area contributed by atoms with Crippen LogP contribution in [0.3, 0.4) is 0 Å². The topological polar surface area (TPSA) is 32.3 Å². The van der Waals surface area contributed by atoms with Crippen LogP contribution in [0.25, 0.3) is 0 Å². The molecule has 1 atom stereocenters. The molecule has 0 aromatic carbocycles. The summed E-state index contributed by atoms with van der Waals surface area (Å²) in [6, 6.07) is 0. The van der Waals surface area contributed by atoms with Gasteiger partial charge in [0, 0.05) is 24.1 Å². The number of amides is 1. The fraction of sp³-hybridized carbons (Fsp3) is 0.800. The summed E-state index contributed by atoms with van der Waals surface area (Å²) in [5, 5.41) is 3.29. The highest BCUT2D eigenvalue weighted by atomic mass is 19.4. The quantitative estimate of drug-likeness (QED) is 0.796. The molecule has 1 fully saturated rings. The maximum absolute atomic E-state index is 12.7. The van der Waals surface area contributed by atoms with E-state index >= 15 is 0 Å². The van der Waals surface area contributed by atoms with Gasteiger partial charge in [0.05, 0.1) is 0 Å². The Morgan fingerprint density at radius 1 is 1.38 bits per heavy atom. The summed E-state index contributed by atoms with van der Waals surface area (Å²) in [5.41, 5.74) is -1.04. The molecule has 6 heteroatoms. The molecular formula is C15H23F3N2O. The fourth-order valence-electron chi connectivity index (χ4n) is 3.16. The van der Waals surface area contributed by atoms with Gasteiger partial charge >= 0.3 is 6.18 Å². The third-order valence-corrected chi connectivity index (χ3v) is 4.73. The molecule has 0 radical (unpaired) electrons. The molecule has 0 saturated carbocycles. The molecule has 2 heterocycles. The molecule has 1 saturated heterocycles. The minimum Gasteiger partial charge on any atom is -0.338 e. The Bertz CT molecular complexity index is 423. The molecule has 0 spiro atoms. The Kier molecular flexibility index (Phi) is 4.66. The second kappa shape index (κ2) is 5.99. The molecule has 0 aliphatic carbocycles. The van der Waals surface area contributed by atoms with Crippen LogP contribution in [-0.2, 0) is 4.79 Å². The molecule has 1 N–H and O–H groups in total. The highest BCUT2D eigenvalue weighted by Gasteiger charge is 2.41. The van der Waals surface area contributed by atoms with Gasteiger partial charge in [-0.3, -0.25) is 4.79 Å². The van der Waals surface area contributed by atoms with Gasteiger partial charge in [0.25, 0.3) is 0 Å². The summed E-state index contributed by atoms with van der Waals surface area (Å²) in [6.45, 7) is 5.83. The van der Waals surface area contributed by atoms with Crippen molar-refractivity contribution >= 4 is 5.91 Å². The number of nitrogens with zero attached hydrogens (tertiary/aromatic N) is 1. The number of rotatable bonds is 2. The van der Waals surface area contributed by atoms with Crippen molar-refractivity contribution in [2.45, 2.75) is 39.3 Å². The largest absolute Gasteiger partial charge is 0.412 e. The minimum absolute atomic E-state index is 0.0336. The Hall–Kier alpha value is -1.04. The highest BCUT2D eigenvalue weighted by Crippen LogP contribution is 2.36. The van der Waals surface area contributed by atoms with E-state index in [0.717, 1.165) is 32.0 Å². The number of carbonyl (C=O) groups excluding carboxylic acids is 1. The van der Waals surface area contributed by atoms with Crippen LogP contribution in [-0.4, -0.2) is 43.2 Å². The number of hydrogen-bond acceptors (Lipinski definition) is 2. The number of halogens is 3. The molecule has 0 aromatic rings. The standard InChI is InChI=1S/C15H23F3N2O/c1-14(2,12-4-3-7-19-10-12)13(21)20-8-5-11(6-9-20)15(16,17)18/h5,12,19H,3-4,6-10H2,1-2H3. The molecule has 120 valence electrons. The van der Waals surface area contributed by atoms with Crippen LogP contribution in [0.5, 0.6) is 0 Å². The summed E-state index contributed by atoms with van der Waals surface area (Å²) in [4.78, 5) is 14.2. The molecule has 0 bridgehead atoms. The zero-order valence-corrected chi connectivity index (χ0v) is 12.6. The fourth-order valence-corrected chi connectivity index (χ4v) is 3.16. The normalized spacial score (nSPS) is 24.7. The van der Waals surface area contributed by atoms with Crippen LogP contribution >= 0.6 is 0 Å². The molecule has 1 unspecified atom stereocenters. The van der Waals surface area contributed by atoms with Crippen molar-refractivity contribution in [3.63, 3.8) is 0 Å². The van der Waals surface area contributed by atoms with E-state index in [1.807, 2.05) is 13.8 Å². The van der Waals surface area contributed by atoms with Gasteiger partial charge < -0.3 is 10.2 Å². The van der Waals surface area contributed by atoms with E-state index in [1.54, 1.807) is 4.90 Å². The molecule has 2 rings (SSSR count). The van der Waals surface area contributed by atoms with Crippen LogP contribution in [0, 0.1) is 11.3 Å². The number of hydrogen-bond donors (Lipinski definition) is 1. The number of nitrogens with one attached hydrogen (secondary N) is 1. The maximum atomic E-state index is 12.7. The van der Waals surface area contributed by atoms with Crippen molar-refractivity contribution in [1.82, 2.24) is 10.2 Å². The third-order valence-electron chi connectivity index (χ3n) is 4.73. The monoisotopic (exact) mass is 304 g/mol. The van der Waals surface area contributed by atoms with Crippen molar-refractivity contribution in [3.05, 3.63) is 11.6 Å². The molecule has 2 aliphatic rings. The lowest BCUT2D eigenvalue weighted by Gasteiger charge is -2.40. The summed E-state index contributed by atoms with van der Waals surface area (Å²) >= 11 is 0. The zero-order chi connectivity index (χ0) is 15.7. The van der Waals surface area contributed by atoms with E-state index in [-0.39, 0.29) is 31.3 Å². The Labute approximate surface area is 123 Å². The second-order valence-corrected chi connectivity index (χ2v) is 6.49. The highest BCUT2D eigenvalue weighted by molar-refractivity contribution is 5.82.